The average molecular weight is 405 g/mol. The number of thiophene rings is 1. The molecule has 27 heavy (non-hydrogen) atoms. The maximum absolute atomic E-state index is 11.7. The van der Waals surface area contributed by atoms with E-state index >= 15 is 0 Å². The first kappa shape index (κ1) is 20.2. The van der Waals surface area contributed by atoms with Gasteiger partial charge in [0.05, 0.1) is 17.0 Å². The summed E-state index contributed by atoms with van der Waals surface area (Å²) in [5.41, 5.74) is 2.09. The smallest absolute Gasteiger partial charge is 0.161 e. The summed E-state index contributed by atoms with van der Waals surface area (Å²) in [5, 5.41) is 0. The summed E-state index contributed by atoms with van der Waals surface area (Å²) in [6.45, 7) is 9.08. The Balaban J connectivity index is 1.42. The topological polar surface area (TPSA) is 32.8 Å². The van der Waals surface area contributed by atoms with Crippen LogP contribution in [0.15, 0.2) is 34.5 Å². The van der Waals surface area contributed by atoms with Crippen molar-refractivity contribution in [3.8, 4) is 5.75 Å². The van der Waals surface area contributed by atoms with E-state index in [1.807, 2.05) is 30.0 Å². The van der Waals surface area contributed by atoms with Gasteiger partial charge in [-0.05, 0) is 45.0 Å². The summed E-state index contributed by atoms with van der Waals surface area (Å²) in [6, 6.07) is 10.3. The van der Waals surface area contributed by atoms with Gasteiger partial charge >= 0.3 is 0 Å². The largest absolute Gasteiger partial charge is 0.495 e. The molecule has 0 bridgehead atoms. The zero-order chi connectivity index (χ0) is 19.2. The Labute approximate surface area is 170 Å². The molecule has 0 saturated carbocycles. The third kappa shape index (κ3) is 5.27. The Morgan fingerprint density at radius 2 is 1.96 bits per heavy atom. The number of carbonyl (C=O) groups is 1. The van der Waals surface area contributed by atoms with Crippen molar-refractivity contribution in [2.24, 2.45) is 0 Å². The molecule has 2 aromatic rings. The third-order valence-electron chi connectivity index (χ3n) is 4.85. The van der Waals surface area contributed by atoms with Crippen molar-refractivity contribution in [3.63, 3.8) is 0 Å². The fourth-order valence-electron chi connectivity index (χ4n) is 3.40. The van der Waals surface area contributed by atoms with Crippen molar-refractivity contribution >= 4 is 34.6 Å². The van der Waals surface area contributed by atoms with Gasteiger partial charge in [0.15, 0.2) is 5.78 Å². The van der Waals surface area contributed by atoms with Crippen LogP contribution in [0.3, 0.4) is 0 Å². The van der Waals surface area contributed by atoms with Crippen LogP contribution in [0.5, 0.6) is 5.75 Å². The summed E-state index contributed by atoms with van der Waals surface area (Å²) in [7, 11) is 1.74. The SMILES string of the molecule is COc1ccccc1N1CCN(CCCSc2sc(C)cc2C(C)=O)CC1. The number of thioether (sulfide) groups is 1. The van der Waals surface area contributed by atoms with E-state index in [2.05, 4.69) is 28.9 Å². The van der Waals surface area contributed by atoms with Crippen LogP contribution < -0.4 is 9.64 Å². The number of ether oxygens (including phenoxy) is 1. The predicted molar refractivity (Wildman–Crippen MR) is 116 cm³/mol. The van der Waals surface area contributed by atoms with Gasteiger partial charge < -0.3 is 9.64 Å². The van der Waals surface area contributed by atoms with E-state index in [1.165, 1.54) is 14.8 Å². The lowest BCUT2D eigenvalue weighted by molar-refractivity contribution is 0.101. The van der Waals surface area contributed by atoms with Gasteiger partial charge in [-0.15, -0.1) is 23.1 Å². The maximum Gasteiger partial charge on any atom is 0.161 e. The predicted octanol–water partition coefficient (Wildman–Crippen LogP) is 4.57. The van der Waals surface area contributed by atoms with E-state index in [-0.39, 0.29) is 5.78 Å². The van der Waals surface area contributed by atoms with E-state index < -0.39 is 0 Å². The van der Waals surface area contributed by atoms with E-state index in [0.717, 1.165) is 56.2 Å². The molecule has 0 amide bonds. The number of carbonyl (C=O) groups excluding carboxylic acids is 1. The van der Waals surface area contributed by atoms with Crippen LogP contribution in [0, 0.1) is 6.92 Å². The van der Waals surface area contributed by atoms with E-state index in [0.29, 0.717) is 0 Å². The molecular weight excluding hydrogens is 376 g/mol. The molecule has 0 unspecified atom stereocenters. The lowest BCUT2D eigenvalue weighted by Gasteiger charge is -2.36. The molecule has 0 aliphatic carbocycles. The molecular formula is C21H28N2O2S2. The molecule has 0 radical (unpaired) electrons. The first-order valence-corrected chi connectivity index (χ1v) is 11.2. The highest BCUT2D eigenvalue weighted by atomic mass is 32.2. The van der Waals surface area contributed by atoms with Crippen LogP contribution in [-0.4, -0.2) is 56.3 Å². The summed E-state index contributed by atoms with van der Waals surface area (Å²) < 4.78 is 6.68. The minimum Gasteiger partial charge on any atom is -0.495 e. The van der Waals surface area contributed by atoms with Gasteiger partial charge in [0.1, 0.15) is 5.75 Å². The second kappa shape index (κ2) is 9.62. The van der Waals surface area contributed by atoms with Crippen molar-refractivity contribution in [1.29, 1.82) is 0 Å². The number of aryl methyl sites for hydroxylation is 1. The molecule has 1 aliphatic heterocycles. The zero-order valence-corrected chi connectivity index (χ0v) is 18.0. The standard InChI is InChI=1S/C21H28N2O2S2/c1-16-15-18(17(2)24)21(27-16)26-14-6-9-22-10-12-23(13-11-22)19-7-4-5-8-20(19)25-3/h4-5,7-8,15H,6,9-14H2,1-3H3. The highest BCUT2D eigenvalue weighted by Crippen LogP contribution is 2.33. The lowest BCUT2D eigenvalue weighted by atomic mass is 10.2. The Bertz CT molecular complexity index is 767. The van der Waals surface area contributed by atoms with Crippen LogP contribution in [-0.2, 0) is 0 Å². The molecule has 1 aliphatic rings. The number of nitrogens with zero attached hydrogens (tertiary/aromatic N) is 2. The molecule has 3 rings (SSSR count). The Morgan fingerprint density at radius 1 is 1.22 bits per heavy atom. The summed E-state index contributed by atoms with van der Waals surface area (Å²) in [4.78, 5) is 17.9. The Hall–Kier alpha value is -1.50. The quantitative estimate of drug-likeness (QED) is 0.366. The molecule has 1 aromatic carbocycles. The number of Topliss-reactive ketones (excluding diaryl/α,β-unsaturated/α-hetero) is 1. The number of methoxy groups -OCH3 is 1. The Morgan fingerprint density at radius 3 is 2.67 bits per heavy atom. The van der Waals surface area contributed by atoms with E-state index in [4.69, 9.17) is 4.74 Å². The number of piperazine rings is 1. The minimum absolute atomic E-state index is 0.175. The number of hydrogen-bond donors (Lipinski definition) is 0. The molecule has 146 valence electrons. The van der Waals surface area contributed by atoms with Crippen molar-refractivity contribution in [3.05, 3.63) is 40.8 Å². The van der Waals surface area contributed by atoms with Crippen molar-refractivity contribution in [2.75, 3.05) is 50.5 Å². The van der Waals surface area contributed by atoms with Gasteiger partial charge in [-0.25, -0.2) is 0 Å². The van der Waals surface area contributed by atoms with Gasteiger partial charge in [0, 0.05) is 42.4 Å². The second-order valence-corrected chi connectivity index (χ2v) is 9.44. The minimum atomic E-state index is 0.175. The molecule has 1 saturated heterocycles. The normalized spacial score (nSPS) is 15.1. The molecule has 0 atom stereocenters. The van der Waals surface area contributed by atoms with Crippen LogP contribution >= 0.6 is 23.1 Å². The van der Waals surface area contributed by atoms with E-state index in [1.54, 1.807) is 25.4 Å². The van der Waals surface area contributed by atoms with Crippen LogP contribution in [0.25, 0.3) is 0 Å². The number of ketones is 1. The highest BCUT2D eigenvalue weighted by molar-refractivity contribution is 8.01. The average Bonchev–Trinajstić information content (AvgIpc) is 3.06. The fraction of sp³-hybridized carbons (Fsp3) is 0.476. The monoisotopic (exact) mass is 404 g/mol. The maximum atomic E-state index is 11.7. The number of anilines is 1. The van der Waals surface area contributed by atoms with E-state index in [9.17, 15) is 4.79 Å². The van der Waals surface area contributed by atoms with Crippen molar-refractivity contribution in [1.82, 2.24) is 4.90 Å². The van der Waals surface area contributed by atoms with Gasteiger partial charge in [0.2, 0.25) is 0 Å². The zero-order valence-electron chi connectivity index (χ0n) is 16.4. The lowest BCUT2D eigenvalue weighted by Crippen LogP contribution is -2.46. The highest BCUT2D eigenvalue weighted by Gasteiger charge is 2.19. The fourth-order valence-corrected chi connectivity index (χ4v) is 5.88. The summed E-state index contributed by atoms with van der Waals surface area (Å²) in [6.07, 6.45) is 1.15. The number of rotatable bonds is 8. The molecule has 0 spiro atoms. The second-order valence-electron chi connectivity index (χ2n) is 6.82. The van der Waals surface area contributed by atoms with Gasteiger partial charge in [-0.1, -0.05) is 12.1 Å². The molecule has 1 fully saturated rings. The van der Waals surface area contributed by atoms with Gasteiger partial charge in [0.25, 0.3) is 0 Å². The first-order chi connectivity index (χ1) is 13.1. The molecule has 1 aromatic heterocycles. The van der Waals surface area contributed by atoms with Crippen LogP contribution in [0.4, 0.5) is 5.69 Å². The van der Waals surface area contributed by atoms with Crippen LogP contribution in [0.2, 0.25) is 0 Å². The molecule has 4 nitrogen and oxygen atoms in total. The Kier molecular flexibility index (Phi) is 7.21. The summed E-state index contributed by atoms with van der Waals surface area (Å²) in [5.74, 6) is 2.19. The number of benzene rings is 1. The first-order valence-electron chi connectivity index (χ1n) is 9.43. The molecule has 6 heteroatoms. The number of hydrogen-bond acceptors (Lipinski definition) is 6. The number of para-hydroxylation sites is 2. The van der Waals surface area contributed by atoms with Crippen molar-refractivity contribution < 1.29 is 9.53 Å². The van der Waals surface area contributed by atoms with Gasteiger partial charge in [-0.3, -0.25) is 9.69 Å². The van der Waals surface area contributed by atoms with Crippen LogP contribution in [0.1, 0.15) is 28.6 Å². The summed E-state index contributed by atoms with van der Waals surface area (Å²) >= 11 is 3.57. The molecule has 2 heterocycles. The van der Waals surface area contributed by atoms with Gasteiger partial charge in [-0.2, -0.15) is 0 Å². The third-order valence-corrected chi connectivity index (χ3v) is 7.27. The van der Waals surface area contributed by atoms with Crippen molar-refractivity contribution in [2.45, 2.75) is 24.5 Å². The molecule has 0 N–H and O–H groups in total.